The van der Waals surface area contributed by atoms with Gasteiger partial charge in [0.05, 0.1) is 5.54 Å². The van der Waals surface area contributed by atoms with Crippen LogP contribution < -0.4 is 16.4 Å². The van der Waals surface area contributed by atoms with E-state index in [-0.39, 0.29) is 24.2 Å². The third-order valence-corrected chi connectivity index (χ3v) is 4.44. The van der Waals surface area contributed by atoms with Gasteiger partial charge in [-0.15, -0.1) is 12.4 Å². The van der Waals surface area contributed by atoms with E-state index in [1.54, 1.807) is 0 Å². The van der Waals surface area contributed by atoms with E-state index in [4.69, 9.17) is 5.73 Å². The molecular weight excluding hydrogens is 302 g/mol. The molecule has 2 aliphatic rings. The van der Waals surface area contributed by atoms with E-state index in [1.165, 1.54) is 0 Å². The summed E-state index contributed by atoms with van der Waals surface area (Å²) in [5, 5.41) is 5.82. The van der Waals surface area contributed by atoms with Crippen LogP contribution >= 0.6 is 12.4 Å². The van der Waals surface area contributed by atoms with Crippen molar-refractivity contribution in [2.45, 2.75) is 50.5 Å². The third kappa shape index (κ3) is 3.42. The number of halogens is 1. The molecule has 0 radical (unpaired) electrons. The smallest absolute Gasteiger partial charge is 0.244 e. The lowest BCUT2D eigenvalue weighted by Crippen LogP contribution is -2.48. The lowest BCUT2D eigenvalue weighted by Gasteiger charge is -2.22. The highest BCUT2D eigenvalue weighted by molar-refractivity contribution is 5.99. The van der Waals surface area contributed by atoms with Crippen LogP contribution in [-0.4, -0.2) is 17.4 Å². The van der Waals surface area contributed by atoms with E-state index in [0.717, 1.165) is 55.5 Å². The fourth-order valence-corrected chi connectivity index (χ4v) is 3.14. The molecule has 1 fully saturated rings. The van der Waals surface area contributed by atoms with Gasteiger partial charge in [-0.1, -0.05) is 12.8 Å². The first-order valence-corrected chi connectivity index (χ1v) is 7.60. The highest BCUT2D eigenvalue weighted by Crippen LogP contribution is 2.30. The molecule has 3 rings (SSSR count). The summed E-state index contributed by atoms with van der Waals surface area (Å²) in [6, 6.07) is 5.61. The summed E-state index contributed by atoms with van der Waals surface area (Å²) in [5.74, 6) is -0.0463. The number of benzene rings is 1. The molecule has 0 saturated heterocycles. The molecule has 4 N–H and O–H groups in total. The SMILES string of the molecule is Cl.NC1(C(=O)Nc2ccc3c(c2)CCCC(=O)N3)CCCC1. The van der Waals surface area contributed by atoms with Crippen molar-refractivity contribution in [2.75, 3.05) is 10.6 Å². The third-order valence-electron chi connectivity index (χ3n) is 4.44. The van der Waals surface area contributed by atoms with Gasteiger partial charge in [0.1, 0.15) is 0 Å². The minimum absolute atomic E-state index is 0. The first-order valence-electron chi connectivity index (χ1n) is 7.60. The van der Waals surface area contributed by atoms with Crippen molar-refractivity contribution in [3.05, 3.63) is 23.8 Å². The Morgan fingerprint density at radius 2 is 1.91 bits per heavy atom. The van der Waals surface area contributed by atoms with E-state index >= 15 is 0 Å². The summed E-state index contributed by atoms with van der Waals surface area (Å²) >= 11 is 0. The number of carbonyl (C=O) groups is 2. The van der Waals surface area contributed by atoms with Crippen LogP contribution in [0.3, 0.4) is 0 Å². The van der Waals surface area contributed by atoms with Crippen molar-refractivity contribution < 1.29 is 9.59 Å². The Labute approximate surface area is 136 Å². The monoisotopic (exact) mass is 323 g/mol. The number of carbonyl (C=O) groups excluding carboxylic acids is 2. The highest BCUT2D eigenvalue weighted by atomic mass is 35.5. The van der Waals surface area contributed by atoms with Crippen molar-refractivity contribution in [3.8, 4) is 0 Å². The van der Waals surface area contributed by atoms with Gasteiger partial charge in [-0.3, -0.25) is 9.59 Å². The average Bonchev–Trinajstić information content (AvgIpc) is 2.81. The van der Waals surface area contributed by atoms with Crippen LogP contribution in [0.4, 0.5) is 11.4 Å². The minimum Gasteiger partial charge on any atom is -0.326 e. The molecule has 1 aliphatic heterocycles. The first kappa shape index (κ1) is 16.8. The predicted octanol–water partition coefficient (Wildman–Crippen LogP) is 2.59. The fourth-order valence-electron chi connectivity index (χ4n) is 3.14. The van der Waals surface area contributed by atoms with E-state index in [1.807, 2.05) is 18.2 Å². The number of rotatable bonds is 2. The average molecular weight is 324 g/mol. The summed E-state index contributed by atoms with van der Waals surface area (Å²) in [6.07, 6.45) is 5.74. The second-order valence-corrected chi connectivity index (χ2v) is 6.09. The van der Waals surface area contributed by atoms with Crippen LogP contribution in [0.1, 0.15) is 44.1 Å². The van der Waals surface area contributed by atoms with Gasteiger partial charge in [-0.2, -0.15) is 0 Å². The van der Waals surface area contributed by atoms with E-state index in [2.05, 4.69) is 10.6 Å². The Hall–Kier alpha value is -1.59. The molecule has 0 bridgehead atoms. The molecular formula is C16H22ClN3O2. The van der Waals surface area contributed by atoms with E-state index in [0.29, 0.717) is 6.42 Å². The molecule has 0 spiro atoms. The molecule has 1 saturated carbocycles. The van der Waals surface area contributed by atoms with Gasteiger partial charge in [0.15, 0.2) is 0 Å². The van der Waals surface area contributed by atoms with Crippen molar-refractivity contribution in [1.82, 2.24) is 0 Å². The number of nitrogens with two attached hydrogens (primary N) is 1. The number of nitrogens with one attached hydrogen (secondary N) is 2. The van der Waals surface area contributed by atoms with E-state index in [9.17, 15) is 9.59 Å². The molecule has 22 heavy (non-hydrogen) atoms. The molecule has 0 unspecified atom stereocenters. The number of hydrogen-bond donors (Lipinski definition) is 3. The van der Waals surface area contributed by atoms with Crippen LogP contribution in [0.15, 0.2) is 18.2 Å². The Morgan fingerprint density at radius 3 is 2.64 bits per heavy atom. The molecule has 5 nitrogen and oxygen atoms in total. The number of aryl methyl sites for hydroxylation is 1. The highest BCUT2D eigenvalue weighted by Gasteiger charge is 2.37. The van der Waals surface area contributed by atoms with Crippen LogP contribution in [0.2, 0.25) is 0 Å². The summed E-state index contributed by atoms with van der Waals surface area (Å²) in [4.78, 5) is 23.8. The van der Waals surface area contributed by atoms with Crippen molar-refractivity contribution >= 4 is 35.6 Å². The van der Waals surface area contributed by atoms with Crippen molar-refractivity contribution in [2.24, 2.45) is 5.73 Å². The second-order valence-electron chi connectivity index (χ2n) is 6.09. The van der Waals surface area contributed by atoms with Gasteiger partial charge >= 0.3 is 0 Å². The molecule has 2 amide bonds. The molecule has 1 heterocycles. The Balaban J connectivity index is 0.00000176. The topological polar surface area (TPSA) is 84.2 Å². The van der Waals surface area contributed by atoms with Crippen LogP contribution in [-0.2, 0) is 16.0 Å². The van der Waals surface area contributed by atoms with Gasteiger partial charge in [0, 0.05) is 17.8 Å². The maximum Gasteiger partial charge on any atom is 0.244 e. The number of anilines is 2. The maximum absolute atomic E-state index is 12.3. The first-order chi connectivity index (χ1) is 10.1. The Bertz CT molecular complexity index is 583. The van der Waals surface area contributed by atoms with Crippen LogP contribution in [0.25, 0.3) is 0 Å². The van der Waals surface area contributed by atoms with Crippen molar-refractivity contribution in [3.63, 3.8) is 0 Å². The zero-order valence-electron chi connectivity index (χ0n) is 12.5. The standard InChI is InChI=1S/C16H21N3O2.ClH/c17-16(8-1-2-9-16)15(21)18-12-6-7-13-11(10-12)4-3-5-14(20)19-13;/h6-7,10H,1-5,8-9,17H2,(H,18,21)(H,19,20);1H. The molecule has 120 valence electrons. The summed E-state index contributed by atoms with van der Waals surface area (Å²) in [6.45, 7) is 0. The normalized spacial score (nSPS) is 19.4. The quantitative estimate of drug-likeness (QED) is 0.782. The molecule has 6 heteroatoms. The largest absolute Gasteiger partial charge is 0.326 e. The van der Waals surface area contributed by atoms with Gasteiger partial charge in [0.25, 0.3) is 0 Å². The minimum atomic E-state index is -0.721. The second kappa shape index (κ2) is 6.67. The molecule has 0 aromatic heterocycles. The maximum atomic E-state index is 12.3. The van der Waals surface area contributed by atoms with Gasteiger partial charge in [-0.05, 0) is 49.4 Å². The van der Waals surface area contributed by atoms with Crippen LogP contribution in [0, 0.1) is 0 Å². The number of fused-ring (bicyclic) bond motifs is 1. The molecule has 1 aromatic carbocycles. The fraction of sp³-hybridized carbons (Fsp3) is 0.500. The summed E-state index contributed by atoms with van der Waals surface area (Å²) < 4.78 is 0. The Kier molecular flexibility index (Phi) is 5.08. The lowest BCUT2D eigenvalue weighted by atomic mass is 9.98. The predicted molar refractivity (Wildman–Crippen MR) is 89.3 cm³/mol. The van der Waals surface area contributed by atoms with Gasteiger partial charge in [0.2, 0.25) is 11.8 Å². The summed E-state index contributed by atoms with van der Waals surface area (Å²) in [7, 11) is 0. The zero-order chi connectivity index (χ0) is 14.9. The van der Waals surface area contributed by atoms with Crippen molar-refractivity contribution in [1.29, 1.82) is 0 Å². The number of amides is 2. The van der Waals surface area contributed by atoms with E-state index < -0.39 is 5.54 Å². The zero-order valence-corrected chi connectivity index (χ0v) is 13.3. The lowest BCUT2D eigenvalue weighted by molar-refractivity contribution is -0.121. The van der Waals surface area contributed by atoms with Crippen LogP contribution in [0.5, 0.6) is 0 Å². The molecule has 1 aromatic rings. The van der Waals surface area contributed by atoms with Gasteiger partial charge in [-0.25, -0.2) is 0 Å². The molecule has 1 aliphatic carbocycles. The summed E-state index contributed by atoms with van der Waals surface area (Å²) in [5.41, 5.74) is 8.11. The Morgan fingerprint density at radius 1 is 1.18 bits per heavy atom. The molecule has 0 atom stereocenters. The van der Waals surface area contributed by atoms with Gasteiger partial charge < -0.3 is 16.4 Å². The number of hydrogen-bond acceptors (Lipinski definition) is 3.